The molecule has 0 aromatic heterocycles. The fraction of sp³-hybridized carbons (Fsp3) is 0.308. The zero-order valence-electron chi connectivity index (χ0n) is 9.41. The van der Waals surface area contributed by atoms with Gasteiger partial charge in [-0.1, -0.05) is 23.7 Å². The molecule has 1 rings (SSSR count). The maximum Gasteiger partial charge on any atom is 0.103 e. The highest BCUT2D eigenvalue weighted by Crippen LogP contribution is 2.25. The van der Waals surface area contributed by atoms with Crippen LogP contribution >= 0.6 is 11.6 Å². The van der Waals surface area contributed by atoms with Crippen LogP contribution in [-0.4, -0.2) is 13.6 Å². The van der Waals surface area contributed by atoms with Crippen LogP contribution < -0.4 is 4.90 Å². The molecule has 0 aliphatic heterocycles. The molecule has 2 nitrogen and oxygen atoms in total. The van der Waals surface area contributed by atoms with E-state index in [1.165, 1.54) is 0 Å². The van der Waals surface area contributed by atoms with Crippen LogP contribution in [0.5, 0.6) is 0 Å². The van der Waals surface area contributed by atoms with E-state index in [-0.39, 0.29) is 0 Å². The lowest BCUT2D eigenvalue weighted by Crippen LogP contribution is -2.19. The fourth-order valence-corrected chi connectivity index (χ4v) is 1.75. The van der Waals surface area contributed by atoms with Gasteiger partial charge in [0.25, 0.3) is 0 Å². The molecule has 1 aromatic carbocycles. The number of hydrogen-bond donors (Lipinski definition) is 0. The van der Waals surface area contributed by atoms with E-state index in [4.69, 9.17) is 16.9 Å². The van der Waals surface area contributed by atoms with E-state index in [2.05, 4.69) is 12.6 Å². The first-order chi connectivity index (χ1) is 7.70. The summed E-state index contributed by atoms with van der Waals surface area (Å²) in [5, 5.41) is 9.55. The standard InChI is InChI=1S/C13H15ClN2/c1-3-4-5-9-16(2)13-8-6-7-12(14)11(13)10-15/h3,6-8H,1,4-5,9H2,2H3. The van der Waals surface area contributed by atoms with Crippen LogP contribution in [0.15, 0.2) is 30.9 Å². The topological polar surface area (TPSA) is 27.0 Å². The highest BCUT2D eigenvalue weighted by atomic mass is 35.5. The molecule has 3 heteroatoms. The van der Waals surface area contributed by atoms with Gasteiger partial charge in [0.1, 0.15) is 6.07 Å². The molecular weight excluding hydrogens is 220 g/mol. The molecule has 0 bridgehead atoms. The molecule has 1 aromatic rings. The molecule has 0 unspecified atom stereocenters. The number of benzene rings is 1. The van der Waals surface area contributed by atoms with Gasteiger partial charge in [-0.25, -0.2) is 0 Å². The molecule has 0 heterocycles. The summed E-state index contributed by atoms with van der Waals surface area (Å²) in [5.74, 6) is 0. The molecule has 0 fully saturated rings. The summed E-state index contributed by atoms with van der Waals surface area (Å²) >= 11 is 5.97. The van der Waals surface area contributed by atoms with Crippen molar-refractivity contribution in [2.45, 2.75) is 12.8 Å². The first kappa shape index (κ1) is 12.6. The van der Waals surface area contributed by atoms with E-state index >= 15 is 0 Å². The summed E-state index contributed by atoms with van der Waals surface area (Å²) in [5.41, 5.74) is 1.43. The van der Waals surface area contributed by atoms with Gasteiger partial charge in [0.05, 0.1) is 16.3 Å². The Morgan fingerprint density at radius 2 is 2.31 bits per heavy atom. The Balaban J connectivity index is 2.83. The molecule has 0 radical (unpaired) electrons. The first-order valence-corrected chi connectivity index (χ1v) is 5.59. The van der Waals surface area contributed by atoms with Crippen molar-refractivity contribution in [2.24, 2.45) is 0 Å². The average Bonchev–Trinajstić information content (AvgIpc) is 2.29. The van der Waals surface area contributed by atoms with E-state index in [0.29, 0.717) is 10.6 Å². The van der Waals surface area contributed by atoms with Crippen LogP contribution in [0.1, 0.15) is 18.4 Å². The molecule has 0 saturated heterocycles. The number of nitriles is 1. The smallest absolute Gasteiger partial charge is 0.103 e. The zero-order chi connectivity index (χ0) is 12.0. The Morgan fingerprint density at radius 3 is 2.94 bits per heavy atom. The lowest BCUT2D eigenvalue weighted by molar-refractivity contribution is 0.801. The summed E-state index contributed by atoms with van der Waals surface area (Å²) in [4.78, 5) is 2.05. The fourth-order valence-electron chi connectivity index (χ4n) is 1.53. The second kappa shape index (κ2) is 6.19. The largest absolute Gasteiger partial charge is 0.373 e. The van der Waals surface area contributed by atoms with Crippen molar-refractivity contribution in [2.75, 3.05) is 18.5 Å². The van der Waals surface area contributed by atoms with E-state index in [1.807, 2.05) is 30.2 Å². The zero-order valence-corrected chi connectivity index (χ0v) is 10.2. The quantitative estimate of drug-likeness (QED) is 0.575. The molecule has 84 valence electrons. The van der Waals surface area contributed by atoms with Gasteiger partial charge in [0.15, 0.2) is 0 Å². The van der Waals surface area contributed by atoms with Crippen molar-refractivity contribution < 1.29 is 0 Å². The van der Waals surface area contributed by atoms with Crippen LogP contribution in [-0.2, 0) is 0 Å². The average molecular weight is 235 g/mol. The van der Waals surface area contributed by atoms with Crippen LogP contribution in [0.2, 0.25) is 5.02 Å². The summed E-state index contributed by atoms with van der Waals surface area (Å²) in [6.07, 6.45) is 3.90. The van der Waals surface area contributed by atoms with Crippen molar-refractivity contribution in [1.82, 2.24) is 0 Å². The van der Waals surface area contributed by atoms with E-state index in [1.54, 1.807) is 6.07 Å². The second-order valence-electron chi connectivity index (χ2n) is 3.60. The van der Waals surface area contributed by atoms with Crippen molar-refractivity contribution in [1.29, 1.82) is 5.26 Å². The number of rotatable bonds is 5. The van der Waals surface area contributed by atoms with Crippen LogP contribution in [0.4, 0.5) is 5.69 Å². The predicted molar refractivity (Wildman–Crippen MR) is 68.9 cm³/mol. The predicted octanol–water partition coefficient (Wildman–Crippen LogP) is 3.61. The minimum absolute atomic E-state index is 0.510. The third kappa shape index (κ3) is 3.01. The maximum atomic E-state index is 9.04. The number of allylic oxidation sites excluding steroid dienone is 1. The molecule has 0 atom stereocenters. The summed E-state index contributed by atoms with van der Waals surface area (Å²) < 4.78 is 0. The number of anilines is 1. The second-order valence-corrected chi connectivity index (χ2v) is 4.01. The lowest BCUT2D eigenvalue weighted by atomic mass is 10.1. The van der Waals surface area contributed by atoms with Crippen LogP contribution in [0.3, 0.4) is 0 Å². The Morgan fingerprint density at radius 1 is 1.56 bits per heavy atom. The molecule has 16 heavy (non-hydrogen) atoms. The Kier molecular flexibility index (Phi) is 4.88. The minimum Gasteiger partial charge on any atom is -0.373 e. The molecule has 0 aliphatic rings. The van der Waals surface area contributed by atoms with Crippen molar-refractivity contribution in [3.05, 3.63) is 41.4 Å². The summed E-state index contributed by atoms with van der Waals surface area (Å²) in [6.45, 7) is 4.58. The lowest BCUT2D eigenvalue weighted by Gasteiger charge is -2.20. The Bertz CT molecular complexity index is 407. The Hall–Kier alpha value is -1.46. The highest BCUT2D eigenvalue weighted by molar-refractivity contribution is 6.32. The molecule has 0 spiro atoms. The van der Waals surface area contributed by atoms with Crippen LogP contribution in [0.25, 0.3) is 0 Å². The van der Waals surface area contributed by atoms with Gasteiger partial charge in [0.2, 0.25) is 0 Å². The van der Waals surface area contributed by atoms with Crippen molar-refractivity contribution in [3.63, 3.8) is 0 Å². The molecule has 0 N–H and O–H groups in total. The first-order valence-electron chi connectivity index (χ1n) is 5.21. The number of nitrogens with zero attached hydrogens (tertiary/aromatic N) is 2. The minimum atomic E-state index is 0.510. The monoisotopic (exact) mass is 234 g/mol. The highest BCUT2D eigenvalue weighted by Gasteiger charge is 2.09. The number of unbranched alkanes of at least 4 members (excludes halogenated alkanes) is 1. The third-order valence-corrected chi connectivity index (χ3v) is 2.73. The SMILES string of the molecule is C=CCCCN(C)c1cccc(Cl)c1C#N. The van der Waals surface area contributed by atoms with Crippen LogP contribution in [0, 0.1) is 11.3 Å². The van der Waals surface area contributed by atoms with Gasteiger partial charge in [-0.2, -0.15) is 5.26 Å². The number of halogens is 1. The molecule has 0 saturated carbocycles. The van der Waals surface area contributed by atoms with Gasteiger partial charge >= 0.3 is 0 Å². The van der Waals surface area contributed by atoms with Gasteiger partial charge in [0, 0.05) is 13.6 Å². The Labute approximate surface area is 102 Å². The maximum absolute atomic E-state index is 9.04. The van der Waals surface area contributed by atoms with Crippen molar-refractivity contribution >= 4 is 17.3 Å². The van der Waals surface area contributed by atoms with E-state index in [9.17, 15) is 0 Å². The normalized spacial score (nSPS) is 9.56. The molecule has 0 aliphatic carbocycles. The number of hydrogen-bond acceptors (Lipinski definition) is 2. The van der Waals surface area contributed by atoms with Crippen molar-refractivity contribution in [3.8, 4) is 6.07 Å². The van der Waals surface area contributed by atoms with Gasteiger partial charge in [-0.05, 0) is 25.0 Å². The third-order valence-electron chi connectivity index (χ3n) is 2.42. The van der Waals surface area contributed by atoms with Gasteiger partial charge < -0.3 is 4.90 Å². The molecular formula is C13H15ClN2. The summed E-state index contributed by atoms with van der Waals surface area (Å²) in [6, 6.07) is 7.66. The molecule has 0 amide bonds. The van der Waals surface area contributed by atoms with E-state index < -0.39 is 0 Å². The van der Waals surface area contributed by atoms with Gasteiger partial charge in [-0.15, -0.1) is 6.58 Å². The van der Waals surface area contributed by atoms with Gasteiger partial charge in [-0.3, -0.25) is 0 Å². The summed E-state index contributed by atoms with van der Waals surface area (Å²) in [7, 11) is 1.97. The van der Waals surface area contributed by atoms with E-state index in [0.717, 1.165) is 25.1 Å².